The van der Waals surface area contributed by atoms with E-state index in [1.807, 2.05) is 39.0 Å². The quantitative estimate of drug-likeness (QED) is 0.872. The van der Waals surface area contributed by atoms with E-state index in [1.54, 1.807) is 0 Å². The molecule has 0 fully saturated rings. The lowest BCUT2D eigenvalue weighted by atomic mass is 10.1. The minimum Gasteiger partial charge on any atom is -0.489 e. The molecule has 1 rings (SSSR count). The van der Waals surface area contributed by atoms with E-state index in [0.29, 0.717) is 6.61 Å². The SMILES string of the molecule is C/C(=C\Cl)COc1cc(C)ccc1[C@H](C)N. The molecule has 16 heavy (non-hydrogen) atoms. The van der Waals surface area contributed by atoms with Crippen LogP contribution >= 0.6 is 11.6 Å². The van der Waals surface area contributed by atoms with Crippen molar-refractivity contribution in [2.24, 2.45) is 5.73 Å². The standard InChI is InChI=1S/C13H18ClNO/c1-9-4-5-12(11(3)15)13(6-9)16-8-10(2)7-14/h4-7,11H,8,15H2,1-3H3/b10-7+/t11-/m0/s1. The smallest absolute Gasteiger partial charge is 0.124 e. The van der Waals surface area contributed by atoms with Gasteiger partial charge in [0, 0.05) is 17.1 Å². The third kappa shape index (κ3) is 3.54. The van der Waals surface area contributed by atoms with Gasteiger partial charge in [0.15, 0.2) is 0 Å². The van der Waals surface area contributed by atoms with E-state index in [9.17, 15) is 0 Å². The highest BCUT2D eigenvalue weighted by Crippen LogP contribution is 2.25. The highest BCUT2D eigenvalue weighted by molar-refractivity contribution is 6.25. The highest BCUT2D eigenvalue weighted by Gasteiger charge is 2.08. The van der Waals surface area contributed by atoms with Crippen LogP contribution < -0.4 is 10.5 Å². The zero-order chi connectivity index (χ0) is 12.1. The Morgan fingerprint density at radius 3 is 2.81 bits per heavy atom. The molecule has 0 spiro atoms. The van der Waals surface area contributed by atoms with Crippen molar-refractivity contribution in [2.75, 3.05) is 6.61 Å². The summed E-state index contributed by atoms with van der Waals surface area (Å²) in [5, 5.41) is 0. The van der Waals surface area contributed by atoms with Gasteiger partial charge in [-0.3, -0.25) is 0 Å². The first-order valence-corrected chi connectivity index (χ1v) is 5.73. The summed E-state index contributed by atoms with van der Waals surface area (Å²) >= 11 is 5.59. The molecule has 0 aliphatic carbocycles. The predicted octanol–water partition coefficient (Wildman–Crippen LogP) is 3.54. The van der Waals surface area contributed by atoms with Crippen LogP contribution in [0.25, 0.3) is 0 Å². The summed E-state index contributed by atoms with van der Waals surface area (Å²) in [6.07, 6.45) is 0. The second-order valence-corrected chi connectivity index (χ2v) is 4.29. The molecular formula is C13H18ClNO. The fourth-order valence-electron chi connectivity index (χ4n) is 1.37. The van der Waals surface area contributed by atoms with Crippen LogP contribution in [-0.4, -0.2) is 6.61 Å². The average Bonchev–Trinajstić information content (AvgIpc) is 2.25. The zero-order valence-corrected chi connectivity index (χ0v) is 10.7. The van der Waals surface area contributed by atoms with Crippen molar-refractivity contribution in [1.82, 2.24) is 0 Å². The zero-order valence-electron chi connectivity index (χ0n) is 9.96. The van der Waals surface area contributed by atoms with Gasteiger partial charge in [-0.25, -0.2) is 0 Å². The maximum atomic E-state index is 5.88. The molecule has 88 valence electrons. The molecule has 1 atom stereocenters. The van der Waals surface area contributed by atoms with Gasteiger partial charge in [-0.2, -0.15) is 0 Å². The summed E-state index contributed by atoms with van der Waals surface area (Å²) in [5.74, 6) is 0.841. The van der Waals surface area contributed by atoms with Crippen molar-refractivity contribution >= 4 is 11.6 Å². The summed E-state index contributed by atoms with van der Waals surface area (Å²) in [6.45, 7) is 6.39. The molecule has 0 saturated carbocycles. The first-order valence-electron chi connectivity index (χ1n) is 5.29. The topological polar surface area (TPSA) is 35.2 Å². The number of hydrogen-bond donors (Lipinski definition) is 1. The van der Waals surface area contributed by atoms with E-state index in [4.69, 9.17) is 22.1 Å². The van der Waals surface area contributed by atoms with Gasteiger partial charge in [-0.05, 0) is 38.0 Å². The van der Waals surface area contributed by atoms with Crippen LogP contribution in [0.15, 0.2) is 29.3 Å². The van der Waals surface area contributed by atoms with Gasteiger partial charge in [0.05, 0.1) is 0 Å². The number of nitrogens with two attached hydrogens (primary N) is 1. The van der Waals surface area contributed by atoms with Crippen LogP contribution in [0.4, 0.5) is 0 Å². The van der Waals surface area contributed by atoms with Gasteiger partial charge in [0.1, 0.15) is 12.4 Å². The Kier molecular flexibility index (Phi) is 4.84. The molecule has 2 nitrogen and oxygen atoms in total. The molecule has 1 aromatic carbocycles. The van der Waals surface area contributed by atoms with Gasteiger partial charge in [0.2, 0.25) is 0 Å². The molecule has 0 radical (unpaired) electrons. The molecule has 1 aromatic rings. The molecular weight excluding hydrogens is 222 g/mol. The molecule has 2 N–H and O–H groups in total. The predicted molar refractivity (Wildman–Crippen MR) is 68.9 cm³/mol. The first-order chi connectivity index (χ1) is 7.54. The van der Waals surface area contributed by atoms with E-state index < -0.39 is 0 Å². The number of aryl methyl sites for hydroxylation is 1. The van der Waals surface area contributed by atoms with E-state index in [2.05, 4.69) is 0 Å². The average molecular weight is 240 g/mol. The number of benzene rings is 1. The molecule has 0 saturated heterocycles. The summed E-state index contributed by atoms with van der Waals surface area (Å²) < 4.78 is 5.70. The Bertz CT molecular complexity index is 386. The van der Waals surface area contributed by atoms with Crippen LogP contribution in [0.3, 0.4) is 0 Å². The highest BCUT2D eigenvalue weighted by atomic mass is 35.5. The molecule has 3 heteroatoms. The van der Waals surface area contributed by atoms with Gasteiger partial charge in [0.25, 0.3) is 0 Å². The minimum atomic E-state index is -0.0316. The summed E-state index contributed by atoms with van der Waals surface area (Å²) in [7, 11) is 0. The second kappa shape index (κ2) is 5.92. The van der Waals surface area contributed by atoms with Crippen LogP contribution in [0.5, 0.6) is 5.75 Å². The Morgan fingerprint density at radius 1 is 1.56 bits per heavy atom. The van der Waals surface area contributed by atoms with E-state index in [-0.39, 0.29) is 6.04 Å². The fourth-order valence-corrected chi connectivity index (χ4v) is 1.43. The summed E-state index contributed by atoms with van der Waals surface area (Å²) in [5.41, 5.74) is 10.6. The second-order valence-electron chi connectivity index (χ2n) is 4.07. The third-order valence-corrected chi connectivity index (χ3v) is 2.67. The van der Waals surface area contributed by atoms with Crippen molar-refractivity contribution in [3.63, 3.8) is 0 Å². The lowest BCUT2D eigenvalue weighted by molar-refractivity contribution is 0.346. The maximum absolute atomic E-state index is 5.88. The summed E-state index contributed by atoms with van der Waals surface area (Å²) in [6, 6.07) is 6.02. The normalized spacial score (nSPS) is 13.7. The number of ether oxygens (including phenoxy) is 1. The summed E-state index contributed by atoms with van der Waals surface area (Å²) in [4.78, 5) is 0. The Labute approximate surface area is 102 Å². The third-order valence-electron chi connectivity index (χ3n) is 2.30. The Balaban J connectivity index is 2.88. The lowest BCUT2D eigenvalue weighted by Crippen LogP contribution is -2.09. The number of halogens is 1. The van der Waals surface area contributed by atoms with Gasteiger partial charge in [-0.1, -0.05) is 23.7 Å². The van der Waals surface area contributed by atoms with Crippen LogP contribution in [0, 0.1) is 6.92 Å². The molecule has 0 bridgehead atoms. The first kappa shape index (κ1) is 13.1. The molecule has 0 amide bonds. The van der Waals surface area contributed by atoms with Crippen molar-refractivity contribution in [3.8, 4) is 5.75 Å². The van der Waals surface area contributed by atoms with Crippen LogP contribution in [0.2, 0.25) is 0 Å². The maximum Gasteiger partial charge on any atom is 0.124 e. The Hall–Kier alpha value is -0.990. The van der Waals surface area contributed by atoms with Crippen LogP contribution in [-0.2, 0) is 0 Å². The molecule has 0 unspecified atom stereocenters. The van der Waals surface area contributed by atoms with Crippen molar-refractivity contribution in [3.05, 3.63) is 40.4 Å². The number of rotatable bonds is 4. The Morgan fingerprint density at radius 2 is 2.25 bits per heavy atom. The van der Waals surface area contributed by atoms with Crippen molar-refractivity contribution in [1.29, 1.82) is 0 Å². The molecule has 0 heterocycles. The molecule has 0 aliphatic rings. The largest absolute Gasteiger partial charge is 0.489 e. The number of hydrogen-bond acceptors (Lipinski definition) is 2. The van der Waals surface area contributed by atoms with Gasteiger partial charge >= 0.3 is 0 Å². The van der Waals surface area contributed by atoms with Crippen LogP contribution in [0.1, 0.15) is 31.0 Å². The van der Waals surface area contributed by atoms with E-state index in [0.717, 1.165) is 22.4 Å². The van der Waals surface area contributed by atoms with Gasteiger partial charge < -0.3 is 10.5 Å². The van der Waals surface area contributed by atoms with E-state index in [1.165, 1.54) is 5.54 Å². The lowest BCUT2D eigenvalue weighted by Gasteiger charge is -2.14. The van der Waals surface area contributed by atoms with E-state index >= 15 is 0 Å². The fraction of sp³-hybridized carbons (Fsp3) is 0.385. The minimum absolute atomic E-state index is 0.0316. The monoisotopic (exact) mass is 239 g/mol. The molecule has 0 aliphatic heterocycles. The molecule has 0 aromatic heterocycles. The van der Waals surface area contributed by atoms with Crippen molar-refractivity contribution in [2.45, 2.75) is 26.8 Å². The van der Waals surface area contributed by atoms with Gasteiger partial charge in [-0.15, -0.1) is 0 Å². The van der Waals surface area contributed by atoms with Crippen molar-refractivity contribution < 1.29 is 4.74 Å².